The van der Waals surface area contributed by atoms with Crippen LogP contribution in [0.1, 0.15) is 24.6 Å². The van der Waals surface area contributed by atoms with Gasteiger partial charge in [0, 0.05) is 12.8 Å². The summed E-state index contributed by atoms with van der Waals surface area (Å²) in [5.74, 6) is 0. The van der Waals surface area contributed by atoms with Gasteiger partial charge in [-0.05, 0) is 25.3 Å². The molecule has 0 aliphatic heterocycles. The first-order valence-electron chi connectivity index (χ1n) is 6.39. The highest BCUT2D eigenvalue weighted by atomic mass is 16.3. The molecule has 1 unspecified atom stereocenters. The third kappa shape index (κ3) is 3.62. The summed E-state index contributed by atoms with van der Waals surface area (Å²) in [6.45, 7) is 2.26. The van der Waals surface area contributed by atoms with Crippen molar-refractivity contribution in [1.82, 2.24) is 15.0 Å². The Labute approximate surface area is 112 Å². The first kappa shape index (κ1) is 13.7. The van der Waals surface area contributed by atoms with E-state index >= 15 is 0 Å². The molecule has 1 atom stereocenters. The second-order valence-corrected chi connectivity index (χ2v) is 4.87. The van der Waals surface area contributed by atoms with E-state index in [4.69, 9.17) is 5.11 Å². The largest absolute Gasteiger partial charge is 0.396 e. The summed E-state index contributed by atoms with van der Waals surface area (Å²) in [5.41, 5.74) is 0.698. The van der Waals surface area contributed by atoms with Crippen molar-refractivity contribution in [1.29, 1.82) is 0 Å². The van der Waals surface area contributed by atoms with E-state index in [2.05, 4.69) is 10.3 Å². The summed E-state index contributed by atoms with van der Waals surface area (Å²) in [6, 6.07) is 9.50. The summed E-state index contributed by atoms with van der Waals surface area (Å²) in [7, 11) is 0. The average Bonchev–Trinajstić information content (AvgIpc) is 2.84. The molecule has 1 aromatic heterocycles. The van der Waals surface area contributed by atoms with Crippen molar-refractivity contribution in [2.24, 2.45) is 0 Å². The first-order valence-corrected chi connectivity index (χ1v) is 6.39. The fraction of sp³-hybridized carbons (Fsp3) is 0.429. The Morgan fingerprint density at radius 1 is 1.26 bits per heavy atom. The van der Waals surface area contributed by atoms with Crippen LogP contribution in [-0.2, 0) is 18.6 Å². The van der Waals surface area contributed by atoms with Crippen LogP contribution >= 0.6 is 0 Å². The Morgan fingerprint density at radius 2 is 2.00 bits per heavy atom. The van der Waals surface area contributed by atoms with Crippen molar-refractivity contribution >= 4 is 0 Å². The number of hydrogen-bond acceptors (Lipinski definition) is 4. The summed E-state index contributed by atoms with van der Waals surface area (Å²) >= 11 is 0. The Kier molecular flexibility index (Phi) is 4.29. The van der Waals surface area contributed by atoms with Gasteiger partial charge in [0.2, 0.25) is 0 Å². The SMILES string of the molecule is CC(O)(Cn1cc(CCCO)nn1)c1ccccc1. The van der Waals surface area contributed by atoms with Crippen molar-refractivity contribution in [3.05, 3.63) is 47.8 Å². The molecule has 0 saturated heterocycles. The maximum Gasteiger partial charge on any atom is 0.106 e. The molecule has 102 valence electrons. The third-order valence-electron chi connectivity index (χ3n) is 3.04. The number of aliphatic hydroxyl groups is 2. The smallest absolute Gasteiger partial charge is 0.106 e. The Morgan fingerprint density at radius 3 is 2.68 bits per heavy atom. The summed E-state index contributed by atoms with van der Waals surface area (Å²) < 4.78 is 1.64. The second kappa shape index (κ2) is 5.95. The fourth-order valence-corrected chi connectivity index (χ4v) is 1.99. The number of aromatic nitrogens is 3. The molecule has 0 spiro atoms. The summed E-state index contributed by atoms with van der Waals surface area (Å²) in [6.07, 6.45) is 3.19. The molecule has 0 aliphatic rings. The van der Waals surface area contributed by atoms with E-state index in [1.165, 1.54) is 0 Å². The van der Waals surface area contributed by atoms with Crippen molar-refractivity contribution in [3.8, 4) is 0 Å². The van der Waals surface area contributed by atoms with Gasteiger partial charge in [-0.3, -0.25) is 0 Å². The molecule has 2 aromatic rings. The molecule has 5 heteroatoms. The number of hydrogen-bond donors (Lipinski definition) is 2. The molecule has 2 N–H and O–H groups in total. The van der Waals surface area contributed by atoms with E-state index < -0.39 is 5.60 Å². The van der Waals surface area contributed by atoms with Gasteiger partial charge in [0.25, 0.3) is 0 Å². The van der Waals surface area contributed by atoms with E-state index in [1.807, 2.05) is 36.5 Å². The van der Waals surface area contributed by atoms with Gasteiger partial charge in [-0.2, -0.15) is 0 Å². The Balaban J connectivity index is 2.05. The maximum atomic E-state index is 10.5. The van der Waals surface area contributed by atoms with Crippen LogP contribution in [0.15, 0.2) is 36.5 Å². The minimum atomic E-state index is -0.983. The summed E-state index contributed by atoms with van der Waals surface area (Å²) in [4.78, 5) is 0. The number of rotatable bonds is 6. The van der Waals surface area contributed by atoms with Gasteiger partial charge < -0.3 is 10.2 Å². The lowest BCUT2D eigenvalue weighted by Gasteiger charge is -2.23. The maximum absolute atomic E-state index is 10.5. The zero-order chi connectivity index (χ0) is 13.7. The lowest BCUT2D eigenvalue weighted by molar-refractivity contribution is 0.0341. The van der Waals surface area contributed by atoms with Gasteiger partial charge in [-0.1, -0.05) is 35.5 Å². The highest BCUT2D eigenvalue weighted by Gasteiger charge is 2.24. The van der Waals surface area contributed by atoms with Crippen molar-refractivity contribution in [2.45, 2.75) is 31.9 Å². The average molecular weight is 261 g/mol. The van der Waals surface area contributed by atoms with Crippen molar-refractivity contribution in [3.63, 3.8) is 0 Å². The Bertz CT molecular complexity index is 508. The van der Waals surface area contributed by atoms with E-state index in [1.54, 1.807) is 11.6 Å². The minimum Gasteiger partial charge on any atom is -0.396 e. The molecule has 0 fully saturated rings. The lowest BCUT2D eigenvalue weighted by atomic mass is 9.96. The van der Waals surface area contributed by atoms with E-state index in [-0.39, 0.29) is 6.61 Å². The molecule has 1 heterocycles. The number of benzene rings is 1. The van der Waals surface area contributed by atoms with Crippen LogP contribution in [0.25, 0.3) is 0 Å². The molecule has 1 aromatic carbocycles. The fourth-order valence-electron chi connectivity index (χ4n) is 1.99. The molecule has 0 radical (unpaired) electrons. The van der Waals surface area contributed by atoms with Crippen LogP contribution in [0.4, 0.5) is 0 Å². The highest BCUT2D eigenvalue weighted by molar-refractivity contribution is 5.21. The first-order chi connectivity index (χ1) is 9.12. The molecule has 2 rings (SSSR count). The minimum absolute atomic E-state index is 0.147. The monoisotopic (exact) mass is 261 g/mol. The van der Waals surface area contributed by atoms with Gasteiger partial charge in [0.15, 0.2) is 0 Å². The van der Waals surface area contributed by atoms with E-state index in [9.17, 15) is 5.11 Å². The third-order valence-corrected chi connectivity index (χ3v) is 3.04. The van der Waals surface area contributed by atoms with Crippen LogP contribution in [0.2, 0.25) is 0 Å². The van der Waals surface area contributed by atoms with Gasteiger partial charge >= 0.3 is 0 Å². The van der Waals surface area contributed by atoms with Crippen LogP contribution < -0.4 is 0 Å². The Hall–Kier alpha value is -1.72. The number of nitrogens with zero attached hydrogens (tertiary/aromatic N) is 3. The normalized spacial score (nSPS) is 14.3. The molecular weight excluding hydrogens is 242 g/mol. The zero-order valence-corrected chi connectivity index (χ0v) is 11.0. The predicted molar refractivity (Wildman–Crippen MR) is 71.4 cm³/mol. The molecule has 0 amide bonds. The van der Waals surface area contributed by atoms with Crippen molar-refractivity contribution < 1.29 is 10.2 Å². The topological polar surface area (TPSA) is 71.2 Å². The lowest BCUT2D eigenvalue weighted by Crippen LogP contribution is -2.28. The van der Waals surface area contributed by atoms with E-state index in [0.29, 0.717) is 19.4 Å². The molecule has 5 nitrogen and oxygen atoms in total. The van der Waals surface area contributed by atoms with E-state index in [0.717, 1.165) is 11.3 Å². The van der Waals surface area contributed by atoms with Gasteiger partial charge in [-0.15, -0.1) is 5.10 Å². The zero-order valence-electron chi connectivity index (χ0n) is 11.0. The van der Waals surface area contributed by atoms with Crippen LogP contribution in [0, 0.1) is 0 Å². The number of aliphatic hydroxyl groups excluding tert-OH is 1. The number of aryl methyl sites for hydroxylation is 1. The summed E-state index contributed by atoms with van der Waals surface area (Å²) in [5, 5.41) is 27.3. The molecule has 0 saturated carbocycles. The molecule has 19 heavy (non-hydrogen) atoms. The van der Waals surface area contributed by atoms with Crippen LogP contribution in [0.5, 0.6) is 0 Å². The molecule has 0 bridgehead atoms. The predicted octanol–water partition coefficient (Wildman–Crippen LogP) is 1.11. The van der Waals surface area contributed by atoms with Gasteiger partial charge in [0.05, 0.1) is 12.2 Å². The molecular formula is C14H19N3O2. The second-order valence-electron chi connectivity index (χ2n) is 4.87. The van der Waals surface area contributed by atoms with Crippen molar-refractivity contribution in [2.75, 3.05) is 6.61 Å². The quantitative estimate of drug-likeness (QED) is 0.817. The molecule has 0 aliphatic carbocycles. The standard InChI is InChI=1S/C14H19N3O2/c1-14(19,12-6-3-2-4-7-12)11-17-10-13(15-16-17)8-5-9-18/h2-4,6-7,10,18-19H,5,8-9,11H2,1H3. The highest BCUT2D eigenvalue weighted by Crippen LogP contribution is 2.21. The van der Waals surface area contributed by atoms with Gasteiger partial charge in [0.1, 0.15) is 5.60 Å². The van der Waals surface area contributed by atoms with Crippen LogP contribution in [-0.4, -0.2) is 31.8 Å². The van der Waals surface area contributed by atoms with Crippen LogP contribution in [0.3, 0.4) is 0 Å². The van der Waals surface area contributed by atoms with Gasteiger partial charge in [-0.25, -0.2) is 4.68 Å².